The largest absolute Gasteiger partial charge is 0.369 e. The topological polar surface area (TPSA) is 50.6 Å². The zero-order valence-electron chi connectivity index (χ0n) is 16.8. The lowest BCUT2D eigenvalue weighted by Crippen LogP contribution is -2.40. The maximum atomic E-state index is 13.3. The molecule has 6 heteroatoms. The van der Waals surface area contributed by atoms with Gasteiger partial charge in [0.15, 0.2) is 0 Å². The average molecular weight is 380 g/mol. The molecular formula is C22H28N4O2. The molecule has 1 spiro atoms. The van der Waals surface area contributed by atoms with Crippen molar-refractivity contribution in [1.82, 2.24) is 19.6 Å². The highest BCUT2D eigenvalue weighted by Gasteiger charge is 2.63. The normalized spacial score (nSPS) is 31.0. The number of fused-ring (bicyclic) bond motifs is 1. The molecule has 4 atom stereocenters. The number of aryl methyl sites for hydroxylation is 1. The van der Waals surface area contributed by atoms with Gasteiger partial charge in [-0.15, -0.1) is 0 Å². The predicted molar refractivity (Wildman–Crippen MR) is 107 cm³/mol. The van der Waals surface area contributed by atoms with Crippen LogP contribution in [0.2, 0.25) is 0 Å². The molecule has 3 fully saturated rings. The summed E-state index contributed by atoms with van der Waals surface area (Å²) < 4.78 is 8.19. The standard InChI is InChI=1S/C22H28N4O2/c1-24(2)12-16-17-13-26(14-22(17)10-9-20(16)28-22)21(27)19-11-18(23-25(19)3)15-7-5-4-6-8-15/h4-8,11,16-17,20H,9-10,12-14H2,1-3H3/t16-,17+,20+,22+/m1/s1. The van der Waals surface area contributed by atoms with Crippen molar-refractivity contribution in [2.75, 3.05) is 33.7 Å². The van der Waals surface area contributed by atoms with Crippen LogP contribution in [0.15, 0.2) is 36.4 Å². The van der Waals surface area contributed by atoms with Crippen LogP contribution in [-0.2, 0) is 11.8 Å². The van der Waals surface area contributed by atoms with Gasteiger partial charge < -0.3 is 14.5 Å². The molecule has 3 aliphatic rings. The molecule has 1 amide bonds. The second-order valence-electron chi connectivity index (χ2n) is 8.88. The van der Waals surface area contributed by atoms with Crippen molar-refractivity contribution >= 4 is 5.91 Å². The molecule has 0 radical (unpaired) electrons. The summed E-state index contributed by atoms with van der Waals surface area (Å²) in [5, 5.41) is 4.58. The number of rotatable bonds is 4. The van der Waals surface area contributed by atoms with E-state index in [0.29, 0.717) is 30.2 Å². The predicted octanol–water partition coefficient (Wildman–Crippen LogP) is 2.27. The molecule has 148 valence electrons. The molecule has 2 bridgehead atoms. The van der Waals surface area contributed by atoms with Crippen molar-refractivity contribution in [1.29, 1.82) is 0 Å². The highest BCUT2D eigenvalue weighted by atomic mass is 16.5. The first kappa shape index (κ1) is 17.9. The van der Waals surface area contributed by atoms with E-state index in [1.54, 1.807) is 4.68 Å². The summed E-state index contributed by atoms with van der Waals surface area (Å²) in [4.78, 5) is 17.6. The average Bonchev–Trinajstić information content (AvgIpc) is 3.42. The van der Waals surface area contributed by atoms with Gasteiger partial charge in [-0.2, -0.15) is 5.10 Å². The second-order valence-corrected chi connectivity index (χ2v) is 8.88. The number of hydrogen-bond donors (Lipinski definition) is 0. The van der Waals surface area contributed by atoms with Gasteiger partial charge in [-0.3, -0.25) is 9.48 Å². The van der Waals surface area contributed by atoms with Gasteiger partial charge in [0, 0.05) is 37.5 Å². The molecule has 0 unspecified atom stereocenters. The number of nitrogens with zero attached hydrogens (tertiary/aromatic N) is 4. The van der Waals surface area contributed by atoms with Crippen LogP contribution >= 0.6 is 0 Å². The number of benzene rings is 1. The Morgan fingerprint density at radius 1 is 1.32 bits per heavy atom. The number of likely N-dealkylation sites (tertiary alicyclic amines) is 1. The summed E-state index contributed by atoms with van der Waals surface area (Å²) in [5.74, 6) is 1.03. The van der Waals surface area contributed by atoms with Crippen LogP contribution in [-0.4, -0.2) is 70.9 Å². The van der Waals surface area contributed by atoms with Crippen LogP contribution in [0.5, 0.6) is 0 Å². The van der Waals surface area contributed by atoms with E-state index in [-0.39, 0.29) is 11.5 Å². The second kappa shape index (κ2) is 6.42. The molecule has 1 aromatic heterocycles. The molecule has 3 saturated heterocycles. The molecule has 1 aromatic carbocycles. The van der Waals surface area contributed by atoms with E-state index < -0.39 is 0 Å². The third kappa shape index (κ3) is 2.70. The summed E-state index contributed by atoms with van der Waals surface area (Å²) in [7, 11) is 6.10. The number of carbonyl (C=O) groups excluding carboxylic acids is 1. The SMILES string of the molecule is CN(C)C[C@H]1[C@@H]2CC[C@@]3(CN(C(=O)c4cc(-c5ccccc5)nn4C)C[C@@H]13)O2. The molecule has 6 nitrogen and oxygen atoms in total. The summed E-state index contributed by atoms with van der Waals surface area (Å²) >= 11 is 0. The van der Waals surface area contributed by atoms with E-state index in [1.807, 2.05) is 48.3 Å². The maximum Gasteiger partial charge on any atom is 0.272 e. The van der Waals surface area contributed by atoms with E-state index >= 15 is 0 Å². The van der Waals surface area contributed by atoms with Crippen LogP contribution in [0.25, 0.3) is 11.3 Å². The van der Waals surface area contributed by atoms with Crippen molar-refractivity contribution in [3.63, 3.8) is 0 Å². The van der Waals surface area contributed by atoms with E-state index in [0.717, 1.165) is 37.2 Å². The molecule has 0 saturated carbocycles. The fraction of sp³-hybridized carbons (Fsp3) is 0.545. The minimum absolute atomic E-state index is 0.0663. The monoisotopic (exact) mass is 380 g/mol. The molecule has 5 rings (SSSR count). The summed E-state index contributed by atoms with van der Waals surface area (Å²) in [6.45, 7) is 2.53. The molecule has 2 aromatic rings. The Bertz CT molecular complexity index is 893. The minimum atomic E-state index is -0.123. The van der Waals surface area contributed by atoms with Crippen LogP contribution < -0.4 is 0 Å². The Morgan fingerprint density at radius 3 is 2.86 bits per heavy atom. The van der Waals surface area contributed by atoms with Crippen molar-refractivity contribution < 1.29 is 9.53 Å². The van der Waals surface area contributed by atoms with E-state index in [9.17, 15) is 4.79 Å². The van der Waals surface area contributed by atoms with Crippen molar-refractivity contribution in [3.05, 3.63) is 42.1 Å². The van der Waals surface area contributed by atoms with Gasteiger partial charge in [0.2, 0.25) is 0 Å². The number of aromatic nitrogens is 2. The van der Waals surface area contributed by atoms with Gasteiger partial charge in [-0.05, 0) is 33.0 Å². The van der Waals surface area contributed by atoms with E-state index in [4.69, 9.17) is 4.74 Å². The van der Waals surface area contributed by atoms with Crippen molar-refractivity contribution in [2.45, 2.75) is 24.5 Å². The lowest BCUT2D eigenvalue weighted by molar-refractivity contribution is 0.00244. The minimum Gasteiger partial charge on any atom is -0.369 e. The zero-order valence-corrected chi connectivity index (χ0v) is 16.8. The summed E-state index contributed by atoms with van der Waals surface area (Å²) in [5.41, 5.74) is 2.39. The highest BCUT2D eigenvalue weighted by Crippen LogP contribution is 2.55. The number of amides is 1. The van der Waals surface area contributed by atoms with Gasteiger partial charge >= 0.3 is 0 Å². The van der Waals surface area contributed by atoms with Gasteiger partial charge in [-0.25, -0.2) is 0 Å². The first-order chi connectivity index (χ1) is 13.5. The lowest BCUT2D eigenvalue weighted by Gasteiger charge is -2.30. The smallest absolute Gasteiger partial charge is 0.272 e. The van der Waals surface area contributed by atoms with Gasteiger partial charge in [0.1, 0.15) is 5.69 Å². The molecule has 0 aliphatic carbocycles. The Balaban J connectivity index is 1.38. The molecule has 4 heterocycles. The fourth-order valence-electron chi connectivity index (χ4n) is 5.59. The first-order valence-corrected chi connectivity index (χ1v) is 10.2. The number of ether oxygens (including phenoxy) is 1. The van der Waals surface area contributed by atoms with Crippen LogP contribution in [0.3, 0.4) is 0 Å². The Kier molecular flexibility index (Phi) is 4.10. The number of carbonyl (C=O) groups is 1. The van der Waals surface area contributed by atoms with E-state index in [2.05, 4.69) is 24.1 Å². The Labute approximate surface area is 166 Å². The van der Waals surface area contributed by atoms with Crippen molar-refractivity contribution in [2.24, 2.45) is 18.9 Å². The summed E-state index contributed by atoms with van der Waals surface area (Å²) in [6.07, 6.45) is 2.57. The Morgan fingerprint density at radius 2 is 2.11 bits per heavy atom. The summed E-state index contributed by atoms with van der Waals surface area (Å²) in [6, 6.07) is 11.9. The quantitative estimate of drug-likeness (QED) is 0.817. The van der Waals surface area contributed by atoms with Crippen molar-refractivity contribution in [3.8, 4) is 11.3 Å². The molecule has 3 aliphatic heterocycles. The van der Waals surface area contributed by atoms with Crippen LogP contribution in [0.1, 0.15) is 23.3 Å². The molecule has 0 N–H and O–H groups in total. The molecular weight excluding hydrogens is 352 g/mol. The van der Waals surface area contributed by atoms with Gasteiger partial charge in [-0.1, -0.05) is 30.3 Å². The Hall–Kier alpha value is -2.18. The van der Waals surface area contributed by atoms with Gasteiger partial charge in [0.25, 0.3) is 5.91 Å². The number of hydrogen-bond acceptors (Lipinski definition) is 4. The van der Waals surface area contributed by atoms with E-state index in [1.165, 1.54) is 0 Å². The third-order valence-electron chi connectivity index (χ3n) is 6.82. The fourth-order valence-corrected chi connectivity index (χ4v) is 5.59. The third-order valence-corrected chi connectivity index (χ3v) is 6.82. The molecule has 28 heavy (non-hydrogen) atoms. The highest BCUT2D eigenvalue weighted by molar-refractivity contribution is 5.94. The van der Waals surface area contributed by atoms with Crippen LogP contribution in [0.4, 0.5) is 0 Å². The first-order valence-electron chi connectivity index (χ1n) is 10.2. The zero-order chi connectivity index (χ0) is 19.5. The lowest BCUT2D eigenvalue weighted by atomic mass is 9.73. The van der Waals surface area contributed by atoms with Gasteiger partial charge in [0.05, 0.1) is 23.9 Å². The maximum absolute atomic E-state index is 13.3. The van der Waals surface area contributed by atoms with Crippen LogP contribution in [0, 0.1) is 11.8 Å².